The summed E-state index contributed by atoms with van der Waals surface area (Å²) < 4.78 is 76.5. The second-order valence-electron chi connectivity index (χ2n) is 12.6. The van der Waals surface area contributed by atoms with Gasteiger partial charge in [0.05, 0.1) is 31.0 Å². The molecule has 4 rings (SSSR count). The van der Waals surface area contributed by atoms with Crippen LogP contribution in [-0.4, -0.2) is 185 Å². The van der Waals surface area contributed by atoms with E-state index in [4.69, 9.17) is 61.6 Å². The first-order chi connectivity index (χ1) is 23.3. The molecule has 0 radical (unpaired) electrons. The van der Waals surface area contributed by atoms with E-state index in [0.29, 0.717) is 0 Å². The average Bonchev–Trinajstić information content (AvgIpc) is 3.05. The number of esters is 1. The molecular formula is C31H54O18. The molecule has 18 nitrogen and oxygen atoms in total. The van der Waals surface area contributed by atoms with E-state index in [9.17, 15) is 25.2 Å². The molecule has 4 N–H and O–H groups in total. The molecule has 0 aliphatic carbocycles. The minimum Gasteiger partial charge on any atom is -0.457 e. The summed E-state index contributed by atoms with van der Waals surface area (Å²) in [5.41, 5.74) is 0. The average molecular weight is 715 g/mol. The Morgan fingerprint density at radius 3 is 1.65 bits per heavy atom. The van der Waals surface area contributed by atoms with Crippen molar-refractivity contribution in [3.05, 3.63) is 0 Å². The fourth-order valence-corrected chi connectivity index (χ4v) is 7.01. The van der Waals surface area contributed by atoms with Gasteiger partial charge >= 0.3 is 5.97 Å². The van der Waals surface area contributed by atoms with E-state index in [1.807, 2.05) is 0 Å². The zero-order valence-corrected chi connectivity index (χ0v) is 29.4. The summed E-state index contributed by atoms with van der Waals surface area (Å²) in [5, 5.41) is 42.5. The molecule has 19 atom stereocenters. The smallest absolute Gasteiger partial charge is 0.303 e. The van der Waals surface area contributed by atoms with Crippen molar-refractivity contribution in [1.29, 1.82) is 0 Å². The lowest BCUT2D eigenvalue weighted by molar-refractivity contribution is -0.385. The van der Waals surface area contributed by atoms with Gasteiger partial charge in [0.25, 0.3) is 0 Å². The Morgan fingerprint density at radius 2 is 1.12 bits per heavy atom. The molecule has 49 heavy (non-hydrogen) atoms. The van der Waals surface area contributed by atoms with Crippen molar-refractivity contribution in [2.24, 2.45) is 0 Å². The number of hydrogen-bond donors (Lipinski definition) is 4. The van der Waals surface area contributed by atoms with Crippen LogP contribution in [0.25, 0.3) is 0 Å². The minimum atomic E-state index is -1.46. The highest BCUT2D eigenvalue weighted by molar-refractivity contribution is 5.66. The lowest BCUT2D eigenvalue weighted by Crippen LogP contribution is -2.67. The highest BCUT2D eigenvalue weighted by Gasteiger charge is 2.55. The molecule has 286 valence electrons. The molecule has 0 aromatic carbocycles. The van der Waals surface area contributed by atoms with Crippen LogP contribution >= 0.6 is 0 Å². The predicted molar refractivity (Wildman–Crippen MR) is 162 cm³/mol. The van der Waals surface area contributed by atoms with Gasteiger partial charge in [-0.05, 0) is 20.8 Å². The molecule has 0 aromatic rings. The minimum absolute atomic E-state index is 0.0628. The Bertz CT molecular complexity index is 1010. The number of carbonyl (C=O) groups excluding carboxylic acids is 1. The van der Waals surface area contributed by atoms with Gasteiger partial charge in [-0.3, -0.25) is 4.79 Å². The van der Waals surface area contributed by atoms with E-state index < -0.39 is 129 Å². The fourth-order valence-electron chi connectivity index (χ4n) is 7.01. The van der Waals surface area contributed by atoms with Gasteiger partial charge in [-0.2, -0.15) is 0 Å². The zero-order valence-electron chi connectivity index (χ0n) is 29.4. The van der Waals surface area contributed by atoms with Crippen LogP contribution in [0.5, 0.6) is 0 Å². The molecule has 0 aromatic heterocycles. The molecule has 4 heterocycles. The molecule has 4 saturated heterocycles. The standard InChI is InChI=1S/C31H54O18/c1-12-19(35)23(27(40-8)30(43-12)49-25-22(38-6)17(11-32)46-29(36)26(25)39-7)48-31-28(41-9)24(21(14(3)44-31)45-15(4)33)47-18-10-16(34)20(37-5)13(2)42-18/h12-14,16-32,34-36H,10-11H2,1-9H3/t12-,13-,14-,16-,17-,18-,19-,20-,21+,22-,23+,24+,25+,26+,27+,28-,29+,30-,31-/m0/s1. The van der Waals surface area contributed by atoms with Gasteiger partial charge in [-0.1, -0.05) is 0 Å². The Balaban J connectivity index is 1.59. The van der Waals surface area contributed by atoms with Gasteiger partial charge < -0.3 is 82.0 Å². The first kappa shape index (κ1) is 40.6. The van der Waals surface area contributed by atoms with Crippen LogP contribution in [0.2, 0.25) is 0 Å². The number of methoxy groups -OCH3 is 5. The number of ether oxygens (including phenoxy) is 13. The molecule has 4 aliphatic rings. The number of carbonyl (C=O) groups is 1. The first-order valence-electron chi connectivity index (χ1n) is 16.4. The SMILES string of the molecule is CO[C@@H]1[C@H](O[C@@H]2[C@@H](O)[C@H](C)O[C@@H](O[C@H]3[C@@H](OC)[C@H](O)O[C@@H](CO)[C@@H]3OC)[C@@H]2OC)O[C@@H](C)[C@@H](OC(C)=O)[C@H]1O[C@H]1C[C@H](O)[C@@H](OC)[C@H](C)O1. The lowest BCUT2D eigenvalue weighted by Gasteiger charge is -2.50. The number of aliphatic hydroxyl groups excluding tert-OH is 4. The number of rotatable bonds is 13. The van der Waals surface area contributed by atoms with Crippen molar-refractivity contribution in [3.8, 4) is 0 Å². The van der Waals surface area contributed by atoms with Gasteiger partial charge in [0.15, 0.2) is 31.3 Å². The van der Waals surface area contributed by atoms with E-state index in [2.05, 4.69) is 0 Å². The van der Waals surface area contributed by atoms with Crippen LogP contribution in [0.15, 0.2) is 0 Å². The van der Waals surface area contributed by atoms with Crippen molar-refractivity contribution in [2.45, 2.75) is 151 Å². The summed E-state index contributed by atoms with van der Waals surface area (Å²) >= 11 is 0. The summed E-state index contributed by atoms with van der Waals surface area (Å²) in [4.78, 5) is 12.2. The van der Waals surface area contributed by atoms with Crippen LogP contribution in [0.4, 0.5) is 0 Å². The van der Waals surface area contributed by atoms with Crippen molar-refractivity contribution >= 4 is 5.97 Å². The van der Waals surface area contributed by atoms with Crippen molar-refractivity contribution in [2.75, 3.05) is 42.2 Å². The van der Waals surface area contributed by atoms with Crippen molar-refractivity contribution < 1.29 is 86.8 Å². The van der Waals surface area contributed by atoms with E-state index in [0.717, 1.165) is 0 Å². The van der Waals surface area contributed by atoms with Crippen molar-refractivity contribution in [1.82, 2.24) is 0 Å². The van der Waals surface area contributed by atoms with E-state index in [1.54, 1.807) is 20.8 Å². The number of aliphatic hydroxyl groups is 4. The van der Waals surface area contributed by atoms with E-state index >= 15 is 0 Å². The third kappa shape index (κ3) is 8.90. The molecule has 0 amide bonds. The van der Waals surface area contributed by atoms with Gasteiger partial charge in [0, 0.05) is 48.9 Å². The number of hydrogen-bond acceptors (Lipinski definition) is 18. The quantitative estimate of drug-likeness (QED) is 0.155. The maximum atomic E-state index is 12.2. The normalized spacial score (nSPS) is 47.9. The second kappa shape index (κ2) is 18.0. The Hall–Kier alpha value is -1.17. The Morgan fingerprint density at radius 1 is 0.612 bits per heavy atom. The first-order valence-corrected chi connectivity index (χ1v) is 16.4. The van der Waals surface area contributed by atoms with Crippen LogP contribution in [-0.2, 0) is 66.4 Å². The van der Waals surface area contributed by atoms with Gasteiger partial charge in [-0.25, -0.2) is 0 Å². The molecule has 0 unspecified atom stereocenters. The molecule has 4 fully saturated rings. The maximum Gasteiger partial charge on any atom is 0.303 e. The highest BCUT2D eigenvalue weighted by Crippen LogP contribution is 2.37. The largest absolute Gasteiger partial charge is 0.457 e. The Kier molecular flexibility index (Phi) is 15.0. The lowest BCUT2D eigenvalue weighted by atomic mass is 9.95. The summed E-state index contributed by atoms with van der Waals surface area (Å²) in [6.45, 7) is 5.80. The Labute approximate surface area is 285 Å². The third-order valence-electron chi connectivity index (χ3n) is 9.47. The summed E-state index contributed by atoms with van der Waals surface area (Å²) in [7, 11) is 7.01. The summed E-state index contributed by atoms with van der Waals surface area (Å²) in [6, 6.07) is 0. The molecule has 0 bridgehead atoms. The fraction of sp³-hybridized carbons (Fsp3) is 0.968. The molecular weight excluding hydrogens is 660 g/mol. The second-order valence-corrected chi connectivity index (χ2v) is 12.6. The highest BCUT2D eigenvalue weighted by atomic mass is 16.8. The van der Waals surface area contributed by atoms with E-state index in [-0.39, 0.29) is 6.42 Å². The maximum absolute atomic E-state index is 12.2. The monoisotopic (exact) mass is 714 g/mol. The third-order valence-corrected chi connectivity index (χ3v) is 9.47. The summed E-state index contributed by atoms with van der Waals surface area (Å²) in [5.74, 6) is -0.584. The zero-order chi connectivity index (χ0) is 36.2. The molecule has 4 aliphatic heterocycles. The van der Waals surface area contributed by atoms with Crippen LogP contribution in [0.1, 0.15) is 34.1 Å². The van der Waals surface area contributed by atoms with Crippen LogP contribution in [0.3, 0.4) is 0 Å². The molecule has 0 saturated carbocycles. The molecule has 0 spiro atoms. The summed E-state index contributed by atoms with van der Waals surface area (Å²) in [6.07, 6.45) is -18.9. The van der Waals surface area contributed by atoms with Gasteiger partial charge in [0.1, 0.15) is 61.0 Å². The molecule has 18 heteroatoms. The van der Waals surface area contributed by atoms with Gasteiger partial charge in [0.2, 0.25) is 0 Å². The predicted octanol–water partition coefficient (Wildman–Crippen LogP) is -1.80. The van der Waals surface area contributed by atoms with Gasteiger partial charge in [-0.15, -0.1) is 0 Å². The van der Waals surface area contributed by atoms with Crippen LogP contribution in [0, 0.1) is 0 Å². The van der Waals surface area contributed by atoms with Crippen LogP contribution < -0.4 is 0 Å². The van der Waals surface area contributed by atoms with Crippen molar-refractivity contribution in [3.63, 3.8) is 0 Å². The topological polar surface area (TPSA) is 218 Å². The van der Waals surface area contributed by atoms with E-state index in [1.165, 1.54) is 42.5 Å².